The molecule has 2 aromatic rings. The zero-order valence-corrected chi connectivity index (χ0v) is 14.5. The molecule has 0 spiro atoms. The van der Waals surface area contributed by atoms with Gasteiger partial charge in [-0.25, -0.2) is 0 Å². The molecule has 0 radical (unpaired) electrons. The van der Waals surface area contributed by atoms with Crippen LogP contribution in [0.15, 0.2) is 54.6 Å². The molecule has 0 amide bonds. The summed E-state index contributed by atoms with van der Waals surface area (Å²) in [5.74, 6) is 0.756. The van der Waals surface area contributed by atoms with Crippen molar-refractivity contribution < 1.29 is 22.1 Å². The first-order valence-electron chi connectivity index (χ1n) is 7.71. The number of benzene rings is 2. The van der Waals surface area contributed by atoms with E-state index in [0.717, 1.165) is 23.1 Å². The van der Waals surface area contributed by atoms with E-state index in [2.05, 4.69) is 0 Å². The van der Waals surface area contributed by atoms with Crippen LogP contribution in [-0.2, 0) is 32.1 Å². The third-order valence-electron chi connectivity index (χ3n) is 3.22. The standard InChI is InChI=1S/C18H22O5S/c1-24(19,20)23-12-11-16-7-9-18(10-8-16)22-14-13-21-15-17-5-3-2-4-6-17/h2-10H,11-15H2,1H3. The van der Waals surface area contributed by atoms with Crippen LogP contribution in [0.4, 0.5) is 0 Å². The first-order valence-corrected chi connectivity index (χ1v) is 9.52. The molecule has 2 aromatic carbocycles. The molecule has 0 aliphatic rings. The molecule has 0 saturated carbocycles. The predicted octanol–water partition coefficient (Wildman–Crippen LogP) is 2.80. The average Bonchev–Trinajstić information content (AvgIpc) is 2.56. The second-order valence-electron chi connectivity index (χ2n) is 5.31. The summed E-state index contributed by atoms with van der Waals surface area (Å²) in [4.78, 5) is 0. The summed E-state index contributed by atoms with van der Waals surface area (Å²) in [7, 11) is -3.38. The molecule has 0 atom stereocenters. The summed E-state index contributed by atoms with van der Waals surface area (Å²) >= 11 is 0. The van der Waals surface area contributed by atoms with Gasteiger partial charge in [0.2, 0.25) is 0 Å². The van der Waals surface area contributed by atoms with E-state index < -0.39 is 10.1 Å². The Morgan fingerprint density at radius 3 is 2.21 bits per heavy atom. The summed E-state index contributed by atoms with van der Waals surface area (Å²) in [5.41, 5.74) is 2.13. The van der Waals surface area contributed by atoms with Gasteiger partial charge in [0.15, 0.2) is 0 Å². The summed E-state index contributed by atoms with van der Waals surface area (Å²) in [5, 5.41) is 0. The minimum absolute atomic E-state index is 0.145. The Balaban J connectivity index is 1.63. The molecule has 0 heterocycles. The minimum atomic E-state index is -3.38. The molecule has 5 nitrogen and oxygen atoms in total. The van der Waals surface area contributed by atoms with Gasteiger partial charge < -0.3 is 9.47 Å². The number of hydrogen-bond donors (Lipinski definition) is 0. The lowest BCUT2D eigenvalue weighted by molar-refractivity contribution is 0.0889. The van der Waals surface area contributed by atoms with E-state index in [0.29, 0.717) is 26.2 Å². The zero-order valence-electron chi connectivity index (χ0n) is 13.7. The van der Waals surface area contributed by atoms with Crippen molar-refractivity contribution in [3.8, 4) is 5.75 Å². The van der Waals surface area contributed by atoms with Crippen LogP contribution in [0.3, 0.4) is 0 Å². The average molecular weight is 350 g/mol. The van der Waals surface area contributed by atoms with Gasteiger partial charge in [0.25, 0.3) is 10.1 Å². The first-order chi connectivity index (χ1) is 11.5. The fourth-order valence-electron chi connectivity index (χ4n) is 2.05. The largest absolute Gasteiger partial charge is 0.491 e. The molecule has 0 saturated heterocycles. The molecule has 0 aliphatic heterocycles. The van der Waals surface area contributed by atoms with Crippen molar-refractivity contribution in [1.82, 2.24) is 0 Å². The lowest BCUT2D eigenvalue weighted by Crippen LogP contribution is -2.07. The van der Waals surface area contributed by atoms with Gasteiger partial charge in [-0.05, 0) is 29.7 Å². The van der Waals surface area contributed by atoms with Crippen LogP contribution < -0.4 is 4.74 Å². The SMILES string of the molecule is CS(=O)(=O)OCCc1ccc(OCCOCc2ccccc2)cc1. The maximum Gasteiger partial charge on any atom is 0.264 e. The number of rotatable bonds is 10. The highest BCUT2D eigenvalue weighted by molar-refractivity contribution is 7.85. The third-order valence-corrected chi connectivity index (χ3v) is 3.81. The highest BCUT2D eigenvalue weighted by atomic mass is 32.2. The second kappa shape index (κ2) is 9.42. The fourth-order valence-corrected chi connectivity index (χ4v) is 2.43. The Kier molecular flexibility index (Phi) is 7.24. The molecule has 6 heteroatoms. The lowest BCUT2D eigenvalue weighted by Gasteiger charge is -2.08. The van der Waals surface area contributed by atoms with Gasteiger partial charge in [0.1, 0.15) is 12.4 Å². The molecule has 0 aliphatic carbocycles. The predicted molar refractivity (Wildman–Crippen MR) is 92.5 cm³/mol. The Labute approximate surface area is 143 Å². The highest BCUT2D eigenvalue weighted by Gasteiger charge is 2.02. The minimum Gasteiger partial charge on any atom is -0.491 e. The molecule has 130 valence electrons. The van der Waals surface area contributed by atoms with Crippen molar-refractivity contribution in [3.63, 3.8) is 0 Å². The maximum atomic E-state index is 10.9. The second-order valence-corrected chi connectivity index (χ2v) is 6.95. The number of hydrogen-bond acceptors (Lipinski definition) is 5. The van der Waals surface area contributed by atoms with Gasteiger partial charge in [-0.3, -0.25) is 4.18 Å². The van der Waals surface area contributed by atoms with Gasteiger partial charge in [0, 0.05) is 0 Å². The molecule has 2 rings (SSSR count). The van der Waals surface area contributed by atoms with Crippen LogP contribution in [0.5, 0.6) is 5.75 Å². The summed E-state index contributed by atoms with van der Waals surface area (Å²) in [6.45, 7) is 1.71. The molecule has 0 unspecified atom stereocenters. The maximum absolute atomic E-state index is 10.9. The van der Waals surface area contributed by atoms with Crippen LogP contribution in [0, 0.1) is 0 Å². The molecular formula is C18H22O5S. The van der Waals surface area contributed by atoms with Crippen molar-refractivity contribution in [2.75, 3.05) is 26.1 Å². The van der Waals surface area contributed by atoms with Crippen molar-refractivity contribution in [1.29, 1.82) is 0 Å². The fraction of sp³-hybridized carbons (Fsp3) is 0.333. The topological polar surface area (TPSA) is 61.8 Å². The Bertz CT molecular complexity index is 696. The van der Waals surface area contributed by atoms with Crippen LogP contribution in [0.1, 0.15) is 11.1 Å². The Morgan fingerprint density at radius 1 is 0.833 bits per heavy atom. The smallest absolute Gasteiger partial charge is 0.264 e. The highest BCUT2D eigenvalue weighted by Crippen LogP contribution is 2.13. The van der Waals surface area contributed by atoms with E-state index in [1.165, 1.54) is 0 Å². The van der Waals surface area contributed by atoms with Crippen LogP contribution in [0.2, 0.25) is 0 Å². The van der Waals surface area contributed by atoms with E-state index in [9.17, 15) is 8.42 Å². The Morgan fingerprint density at radius 2 is 1.54 bits per heavy atom. The Hall–Kier alpha value is -1.89. The van der Waals surface area contributed by atoms with Crippen LogP contribution in [0.25, 0.3) is 0 Å². The van der Waals surface area contributed by atoms with Gasteiger partial charge in [-0.1, -0.05) is 42.5 Å². The van der Waals surface area contributed by atoms with E-state index >= 15 is 0 Å². The quantitative estimate of drug-likeness (QED) is 0.487. The molecule has 0 N–H and O–H groups in total. The lowest BCUT2D eigenvalue weighted by atomic mass is 10.1. The summed E-state index contributed by atoms with van der Waals surface area (Å²) in [6.07, 6.45) is 1.58. The van der Waals surface area contributed by atoms with Crippen LogP contribution >= 0.6 is 0 Å². The molecule has 24 heavy (non-hydrogen) atoms. The van der Waals surface area contributed by atoms with Gasteiger partial charge in [-0.15, -0.1) is 0 Å². The molecular weight excluding hydrogens is 328 g/mol. The van der Waals surface area contributed by atoms with Gasteiger partial charge >= 0.3 is 0 Å². The summed E-state index contributed by atoms with van der Waals surface area (Å²) in [6, 6.07) is 17.5. The summed E-state index contributed by atoms with van der Waals surface area (Å²) < 4.78 is 37.6. The van der Waals surface area contributed by atoms with E-state index in [4.69, 9.17) is 13.7 Å². The first kappa shape index (κ1) is 18.4. The van der Waals surface area contributed by atoms with Gasteiger partial charge in [0.05, 0.1) is 26.1 Å². The van der Waals surface area contributed by atoms with Crippen molar-refractivity contribution in [2.24, 2.45) is 0 Å². The third kappa shape index (κ3) is 7.59. The zero-order chi connectivity index (χ0) is 17.3. The van der Waals surface area contributed by atoms with Crippen LogP contribution in [-0.4, -0.2) is 34.5 Å². The van der Waals surface area contributed by atoms with E-state index in [1.54, 1.807) is 0 Å². The van der Waals surface area contributed by atoms with Crippen molar-refractivity contribution in [2.45, 2.75) is 13.0 Å². The van der Waals surface area contributed by atoms with Gasteiger partial charge in [-0.2, -0.15) is 8.42 Å². The molecule has 0 fully saturated rings. The monoisotopic (exact) mass is 350 g/mol. The normalized spacial score (nSPS) is 11.4. The van der Waals surface area contributed by atoms with E-state index in [-0.39, 0.29) is 6.61 Å². The molecule has 0 bridgehead atoms. The number of ether oxygens (including phenoxy) is 2. The molecule has 0 aromatic heterocycles. The van der Waals surface area contributed by atoms with E-state index in [1.807, 2.05) is 54.6 Å². The van der Waals surface area contributed by atoms with Crippen molar-refractivity contribution >= 4 is 10.1 Å². The van der Waals surface area contributed by atoms with Crippen molar-refractivity contribution in [3.05, 3.63) is 65.7 Å².